The van der Waals surface area contributed by atoms with Crippen LogP contribution in [0, 0.1) is 11.6 Å². The summed E-state index contributed by atoms with van der Waals surface area (Å²) in [5.41, 5.74) is 5.33. The Morgan fingerprint density at radius 3 is 2.36 bits per heavy atom. The van der Waals surface area contributed by atoms with Crippen LogP contribution in [0.5, 0.6) is 0 Å². The second-order valence-corrected chi connectivity index (χ2v) is 3.57. The molecule has 0 aliphatic carbocycles. The topological polar surface area (TPSA) is 26.0 Å². The molecule has 1 aromatic rings. The van der Waals surface area contributed by atoms with Crippen molar-refractivity contribution >= 4 is 27.7 Å². The zero-order valence-corrected chi connectivity index (χ0v) is 9.02. The van der Waals surface area contributed by atoms with Gasteiger partial charge in [0.2, 0.25) is 0 Å². The maximum absolute atomic E-state index is 13.2. The summed E-state index contributed by atoms with van der Waals surface area (Å²) in [5, 5.41) is 0.766. The third kappa shape index (κ3) is 2.80. The van der Waals surface area contributed by atoms with E-state index in [-0.39, 0.29) is 11.3 Å². The maximum Gasteiger partial charge on any atom is 0.135 e. The predicted octanol–water partition coefficient (Wildman–Crippen LogP) is 3.35. The van der Waals surface area contributed by atoms with Crippen LogP contribution in [-0.2, 0) is 0 Å². The number of nitrogens with two attached hydrogens (primary N) is 1. The molecule has 0 heterocycles. The molecule has 0 bridgehead atoms. The molecule has 0 fully saturated rings. The van der Waals surface area contributed by atoms with Gasteiger partial charge >= 0.3 is 0 Å². The van der Waals surface area contributed by atoms with Gasteiger partial charge in [-0.25, -0.2) is 8.78 Å². The molecule has 1 rings (SSSR count). The SMILES string of the molecule is Nc1cc(F)c(C=CCCBr)c(F)c1. The van der Waals surface area contributed by atoms with Crippen molar-refractivity contribution in [3.8, 4) is 0 Å². The third-order valence-electron chi connectivity index (χ3n) is 1.66. The molecule has 0 aliphatic rings. The third-order valence-corrected chi connectivity index (χ3v) is 2.12. The fourth-order valence-electron chi connectivity index (χ4n) is 1.03. The fourth-order valence-corrected chi connectivity index (χ4v) is 1.29. The highest BCUT2D eigenvalue weighted by Crippen LogP contribution is 2.18. The number of hydrogen-bond acceptors (Lipinski definition) is 1. The minimum Gasteiger partial charge on any atom is -0.399 e. The van der Waals surface area contributed by atoms with Crippen LogP contribution in [0.1, 0.15) is 12.0 Å². The predicted molar refractivity (Wildman–Crippen MR) is 58.2 cm³/mol. The van der Waals surface area contributed by atoms with Gasteiger partial charge in [-0.05, 0) is 18.6 Å². The Bertz CT molecular complexity index is 327. The first-order valence-corrected chi connectivity index (χ1v) is 5.24. The van der Waals surface area contributed by atoms with Gasteiger partial charge < -0.3 is 5.73 Å². The minimum absolute atomic E-state index is 0.0415. The lowest BCUT2D eigenvalue weighted by Gasteiger charge is -2.00. The van der Waals surface area contributed by atoms with Crippen LogP contribution in [0.15, 0.2) is 18.2 Å². The molecule has 2 N–H and O–H groups in total. The summed E-state index contributed by atoms with van der Waals surface area (Å²) in [6, 6.07) is 2.22. The largest absolute Gasteiger partial charge is 0.399 e. The quantitative estimate of drug-likeness (QED) is 0.656. The van der Waals surface area contributed by atoms with E-state index >= 15 is 0 Å². The lowest BCUT2D eigenvalue weighted by molar-refractivity contribution is 0.580. The molecule has 4 heteroatoms. The normalized spacial score (nSPS) is 11.1. The summed E-state index contributed by atoms with van der Waals surface area (Å²) in [6.07, 6.45) is 3.85. The highest BCUT2D eigenvalue weighted by Gasteiger charge is 2.06. The van der Waals surface area contributed by atoms with Crippen molar-refractivity contribution in [3.63, 3.8) is 0 Å². The first-order valence-electron chi connectivity index (χ1n) is 4.12. The number of alkyl halides is 1. The molecule has 0 radical (unpaired) electrons. The van der Waals surface area contributed by atoms with Crippen molar-refractivity contribution in [2.45, 2.75) is 6.42 Å². The number of benzene rings is 1. The van der Waals surface area contributed by atoms with Gasteiger partial charge in [0.25, 0.3) is 0 Å². The van der Waals surface area contributed by atoms with Crippen LogP contribution < -0.4 is 5.73 Å². The maximum atomic E-state index is 13.2. The fraction of sp³-hybridized carbons (Fsp3) is 0.200. The molecule has 0 spiro atoms. The van der Waals surface area contributed by atoms with Crippen molar-refractivity contribution in [1.29, 1.82) is 0 Å². The molecule has 0 aromatic heterocycles. The van der Waals surface area contributed by atoms with E-state index in [2.05, 4.69) is 15.9 Å². The van der Waals surface area contributed by atoms with E-state index in [1.54, 1.807) is 6.08 Å². The van der Waals surface area contributed by atoms with Crippen LogP contribution >= 0.6 is 15.9 Å². The number of anilines is 1. The van der Waals surface area contributed by atoms with Crippen LogP contribution in [0.3, 0.4) is 0 Å². The van der Waals surface area contributed by atoms with E-state index in [0.29, 0.717) is 0 Å². The highest BCUT2D eigenvalue weighted by molar-refractivity contribution is 9.09. The van der Waals surface area contributed by atoms with Crippen LogP contribution in [0.25, 0.3) is 6.08 Å². The van der Waals surface area contributed by atoms with E-state index in [4.69, 9.17) is 5.73 Å². The number of allylic oxidation sites excluding steroid dienone is 1. The Morgan fingerprint density at radius 2 is 1.86 bits per heavy atom. The summed E-state index contributed by atoms with van der Waals surface area (Å²) >= 11 is 3.21. The van der Waals surface area contributed by atoms with Crippen molar-refractivity contribution in [3.05, 3.63) is 35.4 Å². The highest BCUT2D eigenvalue weighted by atomic mass is 79.9. The molecule has 1 nitrogen and oxygen atoms in total. The standard InChI is InChI=1S/C10H10BrF2N/c11-4-2-1-3-8-9(12)5-7(14)6-10(8)13/h1,3,5-6H,2,4,14H2. The first-order chi connectivity index (χ1) is 6.65. The molecule has 0 atom stereocenters. The molecule has 0 saturated carbocycles. The van der Waals surface area contributed by atoms with Gasteiger partial charge in [-0.3, -0.25) is 0 Å². The van der Waals surface area contributed by atoms with Gasteiger partial charge in [-0.2, -0.15) is 0 Å². The lowest BCUT2D eigenvalue weighted by Crippen LogP contribution is -1.93. The second-order valence-electron chi connectivity index (χ2n) is 2.78. The molecule has 14 heavy (non-hydrogen) atoms. The first kappa shape index (κ1) is 11.2. The summed E-state index contributed by atoms with van der Waals surface area (Å²) in [4.78, 5) is 0. The van der Waals surface area contributed by atoms with Crippen molar-refractivity contribution in [1.82, 2.24) is 0 Å². The Morgan fingerprint density at radius 1 is 1.29 bits per heavy atom. The minimum atomic E-state index is -0.631. The van der Waals surface area contributed by atoms with Crippen molar-refractivity contribution in [2.75, 3.05) is 11.1 Å². The number of hydrogen-bond donors (Lipinski definition) is 1. The van der Waals surface area contributed by atoms with Gasteiger partial charge in [0.05, 0.1) is 0 Å². The van der Waals surface area contributed by atoms with Crippen LogP contribution in [0.2, 0.25) is 0 Å². The zero-order valence-electron chi connectivity index (χ0n) is 7.43. The van der Waals surface area contributed by atoms with E-state index in [9.17, 15) is 8.78 Å². The van der Waals surface area contributed by atoms with E-state index in [0.717, 1.165) is 23.9 Å². The Labute approximate surface area is 89.7 Å². The number of rotatable bonds is 3. The van der Waals surface area contributed by atoms with Gasteiger partial charge in [0, 0.05) is 16.6 Å². The molecule has 76 valence electrons. The lowest BCUT2D eigenvalue weighted by atomic mass is 10.1. The van der Waals surface area contributed by atoms with Crippen molar-refractivity contribution in [2.24, 2.45) is 0 Å². The van der Waals surface area contributed by atoms with Gasteiger partial charge in [0.15, 0.2) is 0 Å². The van der Waals surface area contributed by atoms with Crippen LogP contribution in [-0.4, -0.2) is 5.33 Å². The van der Waals surface area contributed by atoms with Gasteiger partial charge in [0.1, 0.15) is 11.6 Å². The summed E-state index contributed by atoms with van der Waals surface area (Å²) in [7, 11) is 0. The average Bonchev–Trinajstić information content (AvgIpc) is 2.09. The molecule has 0 aliphatic heterocycles. The Hall–Kier alpha value is -0.900. The summed E-state index contributed by atoms with van der Waals surface area (Å²) in [6.45, 7) is 0. The smallest absolute Gasteiger partial charge is 0.135 e. The molecular weight excluding hydrogens is 252 g/mol. The summed E-state index contributed by atoms with van der Waals surface area (Å²) in [5.74, 6) is -1.26. The van der Waals surface area contributed by atoms with Crippen LogP contribution in [0.4, 0.5) is 14.5 Å². The second kappa shape index (κ2) is 5.10. The van der Waals surface area contributed by atoms with Gasteiger partial charge in [-0.15, -0.1) is 0 Å². The molecular formula is C10H10BrF2N. The van der Waals surface area contributed by atoms with Gasteiger partial charge in [-0.1, -0.05) is 28.1 Å². The van der Waals surface area contributed by atoms with Crippen molar-refractivity contribution < 1.29 is 8.78 Å². The van der Waals surface area contributed by atoms with E-state index < -0.39 is 11.6 Å². The van der Waals surface area contributed by atoms with E-state index in [1.807, 2.05) is 0 Å². The number of nitrogen functional groups attached to an aromatic ring is 1. The summed E-state index contributed by atoms with van der Waals surface area (Å²) < 4.78 is 26.3. The molecule has 0 saturated heterocycles. The number of halogens is 3. The Balaban J connectivity index is 2.96. The van der Waals surface area contributed by atoms with E-state index in [1.165, 1.54) is 6.08 Å². The molecule has 0 unspecified atom stereocenters. The Kier molecular flexibility index (Phi) is 4.07. The molecule has 1 aromatic carbocycles. The average molecular weight is 262 g/mol. The zero-order chi connectivity index (χ0) is 10.6. The monoisotopic (exact) mass is 261 g/mol. The molecule has 0 amide bonds.